The molecule has 0 aliphatic heterocycles. The predicted octanol–water partition coefficient (Wildman–Crippen LogP) is 3.05. The highest BCUT2D eigenvalue weighted by Crippen LogP contribution is 2.29. The molecule has 6 nitrogen and oxygen atoms in total. The number of nitrogens with one attached hydrogen (secondary N) is 1. The molecule has 0 radical (unpaired) electrons. The van der Waals surface area contributed by atoms with E-state index >= 15 is 0 Å². The molecule has 0 aliphatic carbocycles. The van der Waals surface area contributed by atoms with Crippen LogP contribution in [0, 0.1) is 17.2 Å². The number of Topliss-reactive ketones (excluding diaryl/α,β-unsaturated/α-hetero) is 1. The van der Waals surface area contributed by atoms with Crippen LogP contribution in [0.5, 0.6) is 0 Å². The predicted molar refractivity (Wildman–Crippen MR) is 81.4 cm³/mol. The lowest BCUT2D eigenvalue weighted by Crippen LogP contribution is -2.43. The van der Waals surface area contributed by atoms with Gasteiger partial charge in [0.1, 0.15) is 5.92 Å². The van der Waals surface area contributed by atoms with E-state index in [0.717, 1.165) is 19.2 Å². The molecule has 9 heteroatoms. The van der Waals surface area contributed by atoms with Crippen LogP contribution < -0.4 is 5.32 Å². The summed E-state index contributed by atoms with van der Waals surface area (Å²) in [4.78, 5) is 27.6. The minimum absolute atomic E-state index is 0.0195. The molecule has 0 aliphatic rings. The number of rotatable bonds is 6. The summed E-state index contributed by atoms with van der Waals surface area (Å²) in [6, 6.07) is 2.46. The van der Waals surface area contributed by atoms with Gasteiger partial charge in [0.25, 0.3) is 0 Å². The number of ketones is 1. The number of hydrogen-bond acceptors (Lipinski definition) is 5. The molecule has 0 spiro atoms. The number of carbonyl (C=O) groups is 2. The molecule has 1 heterocycles. The van der Waals surface area contributed by atoms with Crippen molar-refractivity contribution < 1.29 is 27.5 Å². The van der Waals surface area contributed by atoms with Crippen molar-refractivity contribution >= 4 is 11.9 Å². The van der Waals surface area contributed by atoms with E-state index in [4.69, 9.17) is 0 Å². The molecule has 1 rings (SSSR count). The van der Waals surface area contributed by atoms with Crippen LogP contribution in [0.15, 0.2) is 18.3 Å². The van der Waals surface area contributed by atoms with Crippen molar-refractivity contribution in [2.75, 3.05) is 7.11 Å². The first-order valence-corrected chi connectivity index (χ1v) is 7.41. The Morgan fingerprint density at radius 2 is 2.00 bits per heavy atom. The monoisotopic (exact) mass is 357 g/mol. The summed E-state index contributed by atoms with van der Waals surface area (Å²) in [5.41, 5.74) is -1.09. The first kappa shape index (κ1) is 20.4. The Hall–Kier alpha value is -2.63. The SMILES string of the molecule is COC(=O)NC(CC(C)C)C(=O)C(C#N)c1ccc(C(F)(F)F)cn1. The van der Waals surface area contributed by atoms with Gasteiger partial charge in [-0.05, 0) is 24.5 Å². The third-order valence-corrected chi connectivity index (χ3v) is 3.35. The molecular weight excluding hydrogens is 339 g/mol. The molecule has 0 saturated heterocycles. The third-order valence-electron chi connectivity index (χ3n) is 3.35. The second kappa shape index (κ2) is 8.46. The lowest BCUT2D eigenvalue weighted by atomic mass is 9.90. The number of nitriles is 1. The summed E-state index contributed by atoms with van der Waals surface area (Å²) in [7, 11) is 1.13. The Bertz CT molecular complexity index is 651. The minimum Gasteiger partial charge on any atom is -0.453 e. The molecule has 0 bridgehead atoms. The summed E-state index contributed by atoms with van der Waals surface area (Å²) >= 11 is 0. The number of carbonyl (C=O) groups excluding carboxylic acids is 2. The van der Waals surface area contributed by atoms with Gasteiger partial charge >= 0.3 is 12.3 Å². The van der Waals surface area contributed by atoms with E-state index in [0.29, 0.717) is 6.20 Å². The fourth-order valence-corrected chi connectivity index (χ4v) is 2.14. The summed E-state index contributed by atoms with van der Waals surface area (Å²) in [6.07, 6.45) is -4.59. The standard InChI is InChI=1S/C16H18F3N3O3/c1-9(2)6-13(22-15(24)25-3)14(23)11(7-20)12-5-4-10(8-21-12)16(17,18)19/h4-5,8-9,11,13H,6H2,1-3H3,(H,22,24). The second-order valence-electron chi connectivity index (χ2n) is 5.75. The van der Waals surface area contributed by atoms with Crippen molar-refractivity contribution in [2.24, 2.45) is 5.92 Å². The van der Waals surface area contributed by atoms with Gasteiger partial charge in [-0.1, -0.05) is 13.8 Å². The molecule has 1 N–H and O–H groups in total. The van der Waals surface area contributed by atoms with E-state index < -0.39 is 35.6 Å². The molecule has 1 amide bonds. The van der Waals surface area contributed by atoms with Crippen molar-refractivity contribution in [1.29, 1.82) is 5.26 Å². The Morgan fingerprint density at radius 3 is 2.40 bits per heavy atom. The van der Waals surface area contributed by atoms with E-state index in [2.05, 4.69) is 15.0 Å². The molecule has 1 aromatic rings. The van der Waals surface area contributed by atoms with Crippen LogP contribution in [-0.4, -0.2) is 30.0 Å². The van der Waals surface area contributed by atoms with Crippen LogP contribution in [0.25, 0.3) is 0 Å². The summed E-state index contributed by atoms with van der Waals surface area (Å²) < 4.78 is 42.2. The van der Waals surface area contributed by atoms with Crippen LogP contribution in [0.3, 0.4) is 0 Å². The molecule has 1 aromatic heterocycles. The van der Waals surface area contributed by atoms with E-state index in [1.807, 2.05) is 13.8 Å². The van der Waals surface area contributed by atoms with E-state index in [9.17, 15) is 28.0 Å². The highest BCUT2D eigenvalue weighted by Gasteiger charge is 2.34. The molecular formula is C16H18F3N3O3. The second-order valence-corrected chi connectivity index (χ2v) is 5.75. The zero-order chi connectivity index (χ0) is 19.2. The Balaban J connectivity index is 3.07. The number of amides is 1. The maximum absolute atomic E-state index is 12.6. The normalized spacial score (nSPS) is 13.7. The molecule has 2 unspecified atom stereocenters. The maximum Gasteiger partial charge on any atom is 0.417 e. The third kappa shape index (κ3) is 5.74. The van der Waals surface area contributed by atoms with Crippen molar-refractivity contribution in [3.63, 3.8) is 0 Å². The van der Waals surface area contributed by atoms with Gasteiger partial charge in [-0.3, -0.25) is 9.78 Å². The van der Waals surface area contributed by atoms with Crippen molar-refractivity contribution in [1.82, 2.24) is 10.3 Å². The summed E-state index contributed by atoms with van der Waals surface area (Å²) in [5.74, 6) is -2.04. The molecule has 2 atom stereocenters. The minimum atomic E-state index is -4.57. The highest BCUT2D eigenvalue weighted by molar-refractivity contribution is 5.94. The summed E-state index contributed by atoms with van der Waals surface area (Å²) in [6.45, 7) is 3.63. The first-order chi connectivity index (χ1) is 11.6. The average Bonchev–Trinajstić information content (AvgIpc) is 2.53. The number of pyridine rings is 1. The van der Waals surface area contributed by atoms with Gasteiger partial charge in [0, 0.05) is 6.20 Å². The maximum atomic E-state index is 12.6. The molecule has 0 aromatic carbocycles. The Labute approximate surface area is 143 Å². The molecule has 136 valence electrons. The Morgan fingerprint density at radius 1 is 1.36 bits per heavy atom. The lowest BCUT2D eigenvalue weighted by molar-refractivity contribution is -0.137. The van der Waals surface area contributed by atoms with Crippen LogP contribution in [0.1, 0.15) is 37.4 Å². The first-order valence-electron chi connectivity index (χ1n) is 7.41. The Kier molecular flexibility index (Phi) is 6.91. The average molecular weight is 357 g/mol. The number of alkyl carbamates (subject to hydrolysis) is 1. The van der Waals surface area contributed by atoms with Crippen molar-refractivity contribution in [3.05, 3.63) is 29.6 Å². The summed E-state index contributed by atoms with van der Waals surface area (Å²) in [5, 5.41) is 11.6. The van der Waals surface area contributed by atoms with Gasteiger partial charge in [-0.15, -0.1) is 0 Å². The smallest absolute Gasteiger partial charge is 0.417 e. The van der Waals surface area contributed by atoms with E-state index in [1.165, 1.54) is 0 Å². The fraction of sp³-hybridized carbons (Fsp3) is 0.500. The highest BCUT2D eigenvalue weighted by atomic mass is 19.4. The fourth-order valence-electron chi connectivity index (χ4n) is 2.14. The number of alkyl halides is 3. The van der Waals surface area contributed by atoms with Crippen LogP contribution in [-0.2, 0) is 15.7 Å². The van der Waals surface area contributed by atoms with Crippen LogP contribution >= 0.6 is 0 Å². The van der Waals surface area contributed by atoms with Gasteiger partial charge in [-0.25, -0.2) is 4.79 Å². The van der Waals surface area contributed by atoms with E-state index in [-0.39, 0.29) is 18.0 Å². The number of hydrogen-bond donors (Lipinski definition) is 1. The number of aromatic nitrogens is 1. The van der Waals surface area contributed by atoms with Gasteiger partial charge in [0.15, 0.2) is 5.78 Å². The van der Waals surface area contributed by atoms with Crippen molar-refractivity contribution in [2.45, 2.75) is 38.4 Å². The number of nitrogens with zero attached hydrogens (tertiary/aromatic N) is 2. The van der Waals surface area contributed by atoms with Crippen LogP contribution in [0.2, 0.25) is 0 Å². The lowest BCUT2D eigenvalue weighted by Gasteiger charge is -2.21. The number of halogens is 3. The largest absolute Gasteiger partial charge is 0.453 e. The zero-order valence-electron chi connectivity index (χ0n) is 13.9. The quantitative estimate of drug-likeness (QED) is 0.845. The van der Waals surface area contributed by atoms with Gasteiger partial charge in [0.2, 0.25) is 0 Å². The van der Waals surface area contributed by atoms with Crippen LogP contribution in [0.4, 0.5) is 18.0 Å². The van der Waals surface area contributed by atoms with Crippen molar-refractivity contribution in [3.8, 4) is 6.07 Å². The zero-order valence-corrected chi connectivity index (χ0v) is 13.9. The number of ether oxygens (including phenoxy) is 1. The number of methoxy groups -OCH3 is 1. The topological polar surface area (TPSA) is 92.1 Å². The molecule has 0 fully saturated rings. The van der Waals surface area contributed by atoms with Gasteiger partial charge in [0.05, 0.1) is 30.5 Å². The van der Waals surface area contributed by atoms with Gasteiger partial charge in [-0.2, -0.15) is 18.4 Å². The molecule has 25 heavy (non-hydrogen) atoms. The van der Waals surface area contributed by atoms with E-state index in [1.54, 1.807) is 6.07 Å². The van der Waals surface area contributed by atoms with Gasteiger partial charge < -0.3 is 10.1 Å². The molecule has 0 saturated carbocycles.